The lowest BCUT2D eigenvalue weighted by atomic mass is 9.63. The maximum absolute atomic E-state index is 12.9. The number of carbonyl (C=O) groups excluding carboxylic acids is 3. The number of carbonyl (C=O) groups is 3. The highest BCUT2D eigenvalue weighted by atomic mass is 16.7. The third-order valence-electron chi connectivity index (χ3n) is 7.28. The highest BCUT2D eigenvalue weighted by Gasteiger charge is 2.76. The minimum absolute atomic E-state index is 0.00513. The van der Waals surface area contributed by atoms with Crippen LogP contribution < -0.4 is 0 Å². The molecule has 4 rings (SSSR count). The van der Waals surface area contributed by atoms with Crippen LogP contribution in [-0.4, -0.2) is 63.2 Å². The Kier molecular flexibility index (Phi) is 4.97. The van der Waals surface area contributed by atoms with Gasteiger partial charge in [-0.2, -0.15) is 0 Å². The molecule has 3 fully saturated rings. The molecule has 4 aliphatic rings. The number of aliphatic hydroxyl groups excluding tert-OH is 1. The highest BCUT2D eigenvalue weighted by Crippen LogP contribution is 2.62. The first-order valence-electron chi connectivity index (χ1n) is 10.7. The molecule has 0 aromatic carbocycles. The fraction of sp³-hybridized carbons (Fsp3) is 0.609. The average molecular weight is 448 g/mol. The molecule has 32 heavy (non-hydrogen) atoms. The molecule has 9 heteroatoms. The Morgan fingerprint density at radius 1 is 1.31 bits per heavy atom. The lowest BCUT2D eigenvalue weighted by Gasteiger charge is -2.56. The maximum Gasteiger partial charge on any atom is 0.342 e. The number of ether oxygens (including phenoxy) is 4. The summed E-state index contributed by atoms with van der Waals surface area (Å²) in [5, 5.41) is 20.3. The molecule has 0 radical (unpaired) electrons. The van der Waals surface area contributed by atoms with Crippen LogP contribution in [0.15, 0.2) is 36.1 Å². The van der Waals surface area contributed by atoms with Gasteiger partial charge in [0.2, 0.25) is 0 Å². The van der Waals surface area contributed by atoms with Crippen LogP contribution in [0.2, 0.25) is 0 Å². The van der Waals surface area contributed by atoms with Crippen molar-refractivity contribution in [2.45, 2.75) is 75.0 Å². The molecule has 2 bridgehead atoms. The van der Waals surface area contributed by atoms with Gasteiger partial charge in [-0.05, 0) is 39.2 Å². The number of hydrogen-bond acceptors (Lipinski definition) is 9. The fourth-order valence-corrected chi connectivity index (χ4v) is 5.50. The topological polar surface area (TPSA) is 129 Å². The summed E-state index contributed by atoms with van der Waals surface area (Å²) in [6.07, 6.45) is 1.04. The number of aliphatic hydroxyl groups is 2. The van der Waals surface area contributed by atoms with Crippen LogP contribution in [0.5, 0.6) is 0 Å². The van der Waals surface area contributed by atoms with E-state index in [9.17, 15) is 24.6 Å². The molecule has 0 aromatic heterocycles. The van der Waals surface area contributed by atoms with E-state index in [0.29, 0.717) is 6.42 Å². The first-order chi connectivity index (χ1) is 14.9. The van der Waals surface area contributed by atoms with Crippen molar-refractivity contribution < 1.29 is 43.5 Å². The molecular formula is C23H28O9. The van der Waals surface area contributed by atoms with E-state index in [-0.39, 0.29) is 36.2 Å². The normalized spacial score (nSPS) is 44.3. The molecule has 4 heterocycles. The summed E-state index contributed by atoms with van der Waals surface area (Å²) in [5.74, 6) is -2.86. The van der Waals surface area contributed by atoms with Crippen molar-refractivity contribution in [3.63, 3.8) is 0 Å². The first-order valence-corrected chi connectivity index (χ1v) is 10.7. The van der Waals surface area contributed by atoms with Gasteiger partial charge in [0.1, 0.15) is 23.1 Å². The van der Waals surface area contributed by atoms with Crippen molar-refractivity contribution in [3.8, 4) is 0 Å². The predicted molar refractivity (Wildman–Crippen MR) is 109 cm³/mol. The monoisotopic (exact) mass is 448 g/mol. The molecule has 6 atom stereocenters. The van der Waals surface area contributed by atoms with Crippen LogP contribution in [0.3, 0.4) is 0 Å². The summed E-state index contributed by atoms with van der Waals surface area (Å²) >= 11 is 0. The fourth-order valence-electron chi connectivity index (χ4n) is 5.50. The highest BCUT2D eigenvalue weighted by molar-refractivity contribution is 5.96. The van der Waals surface area contributed by atoms with Crippen molar-refractivity contribution in [3.05, 3.63) is 36.1 Å². The van der Waals surface area contributed by atoms with Crippen LogP contribution in [0.25, 0.3) is 0 Å². The standard InChI is InChI=1S/C23H28O9/c1-6-14-19(27)31-21(5)10-16(29-17(25)12(2)11-24)23-13(3)18(26)30-15(23)9-20(4,28)7-8-22(14,21)32-23/h9,14,16,24,28H,2-3,6-8,10-11H2,1,4-5H3/b15-9+/t14-,16-,20+,21+,22+,23+/m0/s1. The van der Waals surface area contributed by atoms with Crippen molar-refractivity contribution in [1.29, 1.82) is 0 Å². The van der Waals surface area contributed by atoms with Crippen molar-refractivity contribution in [1.82, 2.24) is 0 Å². The Morgan fingerprint density at radius 3 is 2.62 bits per heavy atom. The molecule has 9 nitrogen and oxygen atoms in total. The Balaban J connectivity index is 1.95. The Hall–Kier alpha value is -2.49. The zero-order chi connectivity index (χ0) is 23.7. The van der Waals surface area contributed by atoms with Gasteiger partial charge in [0.15, 0.2) is 5.60 Å². The second-order valence-electron chi connectivity index (χ2n) is 9.43. The summed E-state index contributed by atoms with van der Waals surface area (Å²) in [6.45, 7) is 11.8. The van der Waals surface area contributed by atoms with Gasteiger partial charge in [0.25, 0.3) is 0 Å². The molecule has 3 saturated heterocycles. The smallest absolute Gasteiger partial charge is 0.342 e. The predicted octanol–water partition coefficient (Wildman–Crippen LogP) is 1.23. The van der Waals surface area contributed by atoms with E-state index in [4.69, 9.17) is 18.9 Å². The zero-order valence-electron chi connectivity index (χ0n) is 18.4. The zero-order valence-corrected chi connectivity index (χ0v) is 18.4. The van der Waals surface area contributed by atoms with Crippen LogP contribution in [0.1, 0.15) is 46.5 Å². The van der Waals surface area contributed by atoms with Crippen LogP contribution in [0, 0.1) is 5.92 Å². The molecule has 2 spiro atoms. The third-order valence-corrected chi connectivity index (χ3v) is 7.28. The van der Waals surface area contributed by atoms with Gasteiger partial charge < -0.3 is 29.2 Å². The summed E-state index contributed by atoms with van der Waals surface area (Å²) in [6, 6.07) is 0. The van der Waals surface area contributed by atoms with E-state index in [1.165, 1.54) is 6.08 Å². The van der Waals surface area contributed by atoms with E-state index in [0.717, 1.165) is 0 Å². The van der Waals surface area contributed by atoms with Gasteiger partial charge in [-0.1, -0.05) is 20.1 Å². The van der Waals surface area contributed by atoms with E-state index in [2.05, 4.69) is 13.2 Å². The lowest BCUT2D eigenvalue weighted by Crippen LogP contribution is -2.70. The van der Waals surface area contributed by atoms with Crippen molar-refractivity contribution in [2.24, 2.45) is 5.92 Å². The second-order valence-corrected chi connectivity index (χ2v) is 9.43. The van der Waals surface area contributed by atoms with Crippen molar-refractivity contribution >= 4 is 17.9 Å². The SMILES string of the molecule is C=C(CO)C(=O)O[C@H]1C[C@@]2(C)OC(=O)[C@H](CC)[C@]23CC[C@@](C)(O)/C=C2/OC(=O)C(=C)[C@@]21O3. The molecule has 4 aliphatic heterocycles. The molecular weight excluding hydrogens is 420 g/mol. The molecule has 2 N–H and O–H groups in total. The van der Waals surface area contributed by atoms with Crippen molar-refractivity contribution in [2.75, 3.05) is 6.61 Å². The Labute approximate surface area is 185 Å². The van der Waals surface area contributed by atoms with Gasteiger partial charge in [0, 0.05) is 6.42 Å². The minimum Gasteiger partial charge on any atom is -0.456 e. The maximum atomic E-state index is 12.9. The van der Waals surface area contributed by atoms with Crippen LogP contribution in [0.4, 0.5) is 0 Å². The molecule has 0 aliphatic carbocycles. The largest absolute Gasteiger partial charge is 0.456 e. The summed E-state index contributed by atoms with van der Waals surface area (Å²) in [4.78, 5) is 38.1. The Morgan fingerprint density at radius 2 is 2.00 bits per heavy atom. The van der Waals surface area contributed by atoms with Gasteiger partial charge in [-0.15, -0.1) is 0 Å². The van der Waals surface area contributed by atoms with Gasteiger partial charge in [0.05, 0.1) is 29.3 Å². The van der Waals surface area contributed by atoms with Gasteiger partial charge in [-0.25, -0.2) is 9.59 Å². The molecule has 174 valence electrons. The Bertz CT molecular complexity index is 963. The van der Waals surface area contributed by atoms with E-state index >= 15 is 0 Å². The minimum atomic E-state index is -1.76. The van der Waals surface area contributed by atoms with Crippen LogP contribution in [-0.2, 0) is 33.3 Å². The third kappa shape index (κ3) is 2.84. The molecule has 0 amide bonds. The van der Waals surface area contributed by atoms with Crippen LogP contribution >= 0.6 is 0 Å². The second kappa shape index (κ2) is 7.00. The lowest BCUT2D eigenvalue weighted by molar-refractivity contribution is -0.282. The number of esters is 3. The average Bonchev–Trinajstić information content (AvgIpc) is 3.06. The van der Waals surface area contributed by atoms with Gasteiger partial charge in [-0.3, -0.25) is 4.79 Å². The summed E-state index contributed by atoms with van der Waals surface area (Å²) in [7, 11) is 0. The first kappa shape index (κ1) is 22.7. The van der Waals surface area contributed by atoms with E-state index in [1.54, 1.807) is 13.8 Å². The molecule has 0 aromatic rings. The number of rotatable bonds is 4. The number of hydrogen-bond donors (Lipinski definition) is 2. The van der Waals surface area contributed by atoms with E-state index in [1.807, 2.05) is 6.92 Å². The summed E-state index contributed by atoms with van der Waals surface area (Å²) in [5.41, 5.74) is -5.91. The quantitative estimate of drug-likeness (QED) is 0.371. The summed E-state index contributed by atoms with van der Waals surface area (Å²) < 4.78 is 23.6. The van der Waals surface area contributed by atoms with Gasteiger partial charge >= 0.3 is 17.9 Å². The molecule has 0 saturated carbocycles. The molecule has 0 unspecified atom stereocenters. The van der Waals surface area contributed by atoms with E-state index < -0.39 is 58.9 Å².